The van der Waals surface area contributed by atoms with Crippen LogP contribution in [0.3, 0.4) is 0 Å². The molecule has 5 nitrogen and oxygen atoms in total. The zero-order valence-corrected chi connectivity index (χ0v) is 12.8. The number of carbonyl (C=O) groups excluding carboxylic acids is 1. The normalized spacial score (nSPS) is 12.1. The number of hydrogen-bond acceptors (Lipinski definition) is 4. The van der Waals surface area contributed by atoms with Crippen molar-refractivity contribution < 1.29 is 23.0 Å². The van der Waals surface area contributed by atoms with Gasteiger partial charge in [-0.25, -0.2) is 0 Å². The van der Waals surface area contributed by atoms with Gasteiger partial charge < -0.3 is 20.5 Å². The molecule has 0 aliphatic heterocycles. The molecule has 1 rings (SSSR count). The molecule has 3 N–H and O–H groups in total. The largest absolute Gasteiger partial charge is 0.490 e. The van der Waals surface area contributed by atoms with Crippen molar-refractivity contribution in [3.05, 3.63) is 23.8 Å². The second kappa shape index (κ2) is 9.19. The fraction of sp³-hybridized carbons (Fsp3) is 0.533. The molecule has 7 heteroatoms. The molecule has 0 saturated carbocycles. The van der Waals surface area contributed by atoms with Crippen molar-refractivity contribution in [1.29, 1.82) is 0 Å². The Labute approximate surface area is 128 Å². The number of halogens is 2. The van der Waals surface area contributed by atoms with Crippen molar-refractivity contribution in [3.63, 3.8) is 0 Å². The van der Waals surface area contributed by atoms with Crippen molar-refractivity contribution in [1.82, 2.24) is 5.32 Å². The van der Waals surface area contributed by atoms with Crippen LogP contribution in [0, 0.1) is 0 Å². The van der Waals surface area contributed by atoms with Gasteiger partial charge in [-0.2, -0.15) is 8.78 Å². The summed E-state index contributed by atoms with van der Waals surface area (Å²) >= 11 is 0. The van der Waals surface area contributed by atoms with Gasteiger partial charge in [0.05, 0.1) is 12.6 Å². The van der Waals surface area contributed by atoms with Gasteiger partial charge >= 0.3 is 6.61 Å². The smallest absolute Gasteiger partial charge is 0.387 e. The first kappa shape index (κ1) is 18.2. The van der Waals surface area contributed by atoms with Crippen LogP contribution in [-0.2, 0) is 11.3 Å². The van der Waals surface area contributed by atoms with Gasteiger partial charge in [0.2, 0.25) is 5.91 Å². The van der Waals surface area contributed by atoms with Gasteiger partial charge in [0.25, 0.3) is 0 Å². The number of alkyl halides is 2. The molecule has 0 aliphatic rings. The topological polar surface area (TPSA) is 73.6 Å². The predicted octanol–water partition coefficient (Wildman–Crippen LogP) is 2.43. The van der Waals surface area contributed by atoms with Crippen molar-refractivity contribution in [2.24, 2.45) is 5.73 Å². The van der Waals surface area contributed by atoms with Gasteiger partial charge in [-0.3, -0.25) is 4.79 Å². The zero-order valence-electron chi connectivity index (χ0n) is 12.8. The van der Waals surface area contributed by atoms with Crippen LogP contribution < -0.4 is 20.5 Å². The number of ether oxygens (including phenoxy) is 2. The number of amides is 1. The van der Waals surface area contributed by atoms with E-state index in [1.807, 2.05) is 6.92 Å². The van der Waals surface area contributed by atoms with Crippen LogP contribution in [0.4, 0.5) is 8.78 Å². The summed E-state index contributed by atoms with van der Waals surface area (Å²) in [5.41, 5.74) is 6.42. The highest BCUT2D eigenvalue weighted by Crippen LogP contribution is 2.29. The highest BCUT2D eigenvalue weighted by atomic mass is 19.3. The summed E-state index contributed by atoms with van der Waals surface area (Å²) in [4.78, 5) is 11.7. The molecule has 1 amide bonds. The first-order valence-corrected chi connectivity index (χ1v) is 7.21. The van der Waals surface area contributed by atoms with E-state index < -0.39 is 12.7 Å². The quantitative estimate of drug-likeness (QED) is 0.734. The Morgan fingerprint density at radius 3 is 2.64 bits per heavy atom. The summed E-state index contributed by atoms with van der Waals surface area (Å²) in [6.45, 7) is 1.33. The molecule has 1 aromatic rings. The van der Waals surface area contributed by atoms with Gasteiger partial charge in [-0.15, -0.1) is 0 Å². The summed E-state index contributed by atoms with van der Waals surface area (Å²) in [5.74, 6) is -0.0604. The molecule has 0 bridgehead atoms. The van der Waals surface area contributed by atoms with Crippen LogP contribution in [0.1, 0.15) is 32.3 Å². The molecule has 1 unspecified atom stereocenters. The fourth-order valence-electron chi connectivity index (χ4n) is 1.89. The Morgan fingerprint density at radius 1 is 1.32 bits per heavy atom. The average Bonchev–Trinajstić information content (AvgIpc) is 2.47. The average molecular weight is 316 g/mol. The summed E-state index contributed by atoms with van der Waals surface area (Å²) in [6.07, 6.45) is 1.43. The number of carbonyl (C=O) groups is 1. The summed E-state index contributed by atoms with van der Waals surface area (Å²) in [6, 6.07) is 4.00. The third-order valence-corrected chi connectivity index (χ3v) is 2.93. The van der Waals surface area contributed by atoms with Crippen molar-refractivity contribution in [2.75, 3.05) is 6.61 Å². The van der Waals surface area contributed by atoms with E-state index in [0.29, 0.717) is 18.6 Å². The highest BCUT2D eigenvalue weighted by molar-refractivity contribution is 5.81. The first-order chi connectivity index (χ1) is 10.5. The van der Waals surface area contributed by atoms with E-state index in [1.165, 1.54) is 6.07 Å². The number of nitrogens with two attached hydrogens (primary N) is 1. The van der Waals surface area contributed by atoms with E-state index in [0.717, 1.165) is 6.42 Å². The maximum absolute atomic E-state index is 12.3. The van der Waals surface area contributed by atoms with Crippen LogP contribution in [0.2, 0.25) is 0 Å². The van der Waals surface area contributed by atoms with E-state index in [1.54, 1.807) is 19.1 Å². The van der Waals surface area contributed by atoms with Crippen molar-refractivity contribution >= 4 is 5.91 Å². The lowest BCUT2D eigenvalue weighted by atomic mass is 10.1. The van der Waals surface area contributed by atoms with Crippen LogP contribution in [0.25, 0.3) is 0 Å². The third kappa shape index (κ3) is 5.85. The minimum atomic E-state index is -2.92. The molecule has 1 aromatic carbocycles. The summed E-state index contributed by atoms with van der Waals surface area (Å²) in [7, 11) is 0. The number of nitrogens with one attached hydrogen (secondary N) is 1. The molecule has 124 valence electrons. The van der Waals surface area contributed by atoms with Crippen LogP contribution in [0.5, 0.6) is 11.5 Å². The Bertz CT molecular complexity index is 484. The Morgan fingerprint density at radius 2 is 2.05 bits per heavy atom. The lowest BCUT2D eigenvalue weighted by Crippen LogP contribution is -2.40. The summed E-state index contributed by atoms with van der Waals surface area (Å²) < 4.78 is 34.3. The molecule has 0 spiro atoms. The maximum Gasteiger partial charge on any atom is 0.387 e. The zero-order chi connectivity index (χ0) is 16.5. The molecule has 0 heterocycles. The van der Waals surface area contributed by atoms with Crippen molar-refractivity contribution in [2.45, 2.75) is 45.9 Å². The maximum atomic E-state index is 12.3. The van der Waals surface area contributed by atoms with Gasteiger partial charge in [0, 0.05) is 6.54 Å². The molecule has 0 saturated heterocycles. The van der Waals surface area contributed by atoms with E-state index >= 15 is 0 Å². The molecule has 1 atom stereocenters. The van der Waals surface area contributed by atoms with E-state index in [9.17, 15) is 13.6 Å². The minimum Gasteiger partial charge on any atom is -0.490 e. The molecule has 0 fully saturated rings. The molecule has 0 aromatic heterocycles. The van der Waals surface area contributed by atoms with Gasteiger partial charge in [-0.05, 0) is 31.0 Å². The highest BCUT2D eigenvalue weighted by Gasteiger charge is 2.14. The number of hydrogen-bond donors (Lipinski definition) is 2. The Kier molecular flexibility index (Phi) is 7.59. The second-order valence-electron chi connectivity index (χ2n) is 4.71. The monoisotopic (exact) mass is 316 g/mol. The first-order valence-electron chi connectivity index (χ1n) is 7.21. The van der Waals surface area contributed by atoms with E-state index in [-0.39, 0.29) is 24.0 Å². The predicted molar refractivity (Wildman–Crippen MR) is 79.0 cm³/mol. The molecule has 0 aliphatic carbocycles. The van der Waals surface area contributed by atoms with Crippen molar-refractivity contribution in [3.8, 4) is 11.5 Å². The van der Waals surface area contributed by atoms with Gasteiger partial charge in [0.1, 0.15) is 0 Å². The van der Waals surface area contributed by atoms with Gasteiger partial charge in [-0.1, -0.05) is 19.4 Å². The van der Waals surface area contributed by atoms with Crippen LogP contribution in [-0.4, -0.2) is 25.2 Å². The molecule has 22 heavy (non-hydrogen) atoms. The van der Waals surface area contributed by atoms with Crippen LogP contribution >= 0.6 is 0 Å². The molecule has 0 radical (unpaired) electrons. The van der Waals surface area contributed by atoms with E-state index in [4.69, 9.17) is 10.5 Å². The van der Waals surface area contributed by atoms with E-state index in [2.05, 4.69) is 10.1 Å². The standard InChI is InChI=1S/C15H22F2N2O3/c1-3-5-11(18)14(20)19-9-10-6-7-12(22-15(16)17)13(8-10)21-4-2/h6-8,11,15H,3-5,9,18H2,1-2H3,(H,19,20). The molecular weight excluding hydrogens is 294 g/mol. The lowest BCUT2D eigenvalue weighted by molar-refractivity contribution is -0.122. The Hall–Kier alpha value is -1.89. The minimum absolute atomic E-state index is 0.0328. The van der Waals surface area contributed by atoms with Gasteiger partial charge in [0.15, 0.2) is 11.5 Å². The fourth-order valence-corrected chi connectivity index (χ4v) is 1.89. The third-order valence-electron chi connectivity index (χ3n) is 2.93. The Balaban J connectivity index is 2.71. The number of benzene rings is 1. The van der Waals surface area contributed by atoms with Crippen LogP contribution in [0.15, 0.2) is 18.2 Å². The summed E-state index contributed by atoms with van der Waals surface area (Å²) in [5, 5.41) is 2.70. The number of rotatable bonds is 9. The molecular formula is C15H22F2N2O3. The SMILES string of the molecule is CCCC(N)C(=O)NCc1ccc(OC(F)F)c(OCC)c1. The second-order valence-corrected chi connectivity index (χ2v) is 4.71. The lowest BCUT2D eigenvalue weighted by Gasteiger charge is -2.14.